The van der Waals surface area contributed by atoms with Gasteiger partial charge in [-0.2, -0.15) is 0 Å². The lowest BCUT2D eigenvalue weighted by Crippen LogP contribution is -2.31. The summed E-state index contributed by atoms with van der Waals surface area (Å²) in [7, 11) is 2.91. The van der Waals surface area contributed by atoms with Crippen LogP contribution in [0.4, 0.5) is 5.69 Å². The zero-order chi connectivity index (χ0) is 28.1. The maximum Gasteiger partial charge on any atom is 0.338 e. The summed E-state index contributed by atoms with van der Waals surface area (Å²) in [5.41, 5.74) is 0.714. The molecule has 0 spiro atoms. The molecular weight excluding hydrogens is 526 g/mol. The molecule has 200 valence electrons. The molecule has 3 aromatic rings. The fourth-order valence-electron chi connectivity index (χ4n) is 3.92. The number of rotatable bonds is 10. The van der Waals surface area contributed by atoms with E-state index in [2.05, 4.69) is 0 Å². The summed E-state index contributed by atoms with van der Waals surface area (Å²) in [6.45, 7) is -0.504. The van der Waals surface area contributed by atoms with Crippen molar-refractivity contribution in [2.75, 3.05) is 25.7 Å². The summed E-state index contributed by atoms with van der Waals surface area (Å²) in [5, 5.41) is 8.60. The van der Waals surface area contributed by atoms with Gasteiger partial charge in [-0.25, -0.2) is 14.5 Å². The molecule has 1 aliphatic rings. The van der Waals surface area contributed by atoms with Crippen LogP contribution in [0.3, 0.4) is 0 Å². The summed E-state index contributed by atoms with van der Waals surface area (Å²) >= 11 is 1.02. The number of hydrogen-bond donors (Lipinski definition) is 1. The fourth-order valence-corrected chi connectivity index (χ4v) is 5.10. The Morgan fingerprint density at radius 3 is 2.26 bits per heavy atom. The van der Waals surface area contributed by atoms with Crippen molar-refractivity contribution in [3.63, 3.8) is 0 Å². The van der Waals surface area contributed by atoms with Crippen LogP contribution in [0.2, 0.25) is 0 Å². The number of carboxylic acid groups (broad SMARTS) is 1. The molecule has 0 aliphatic carbocycles. The Hall–Kier alpha value is -4.64. The third-order valence-electron chi connectivity index (χ3n) is 5.89. The number of Topliss-reactive ketones (excluding diaryl/α,β-unsaturated/α-hetero) is 1. The van der Waals surface area contributed by atoms with Crippen LogP contribution in [-0.2, 0) is 14.3 Å². The molecule has 1 heterocycles. The standard InChI is InChI=1S/C28H23NO9S/c1-36-21-12-9-17(13-22(21)37-2)20(30)15-38-28(35)16-7-10-18(11-8-16)29-25(31)14-24(26(29)32)39-23-6-4-3-5-19(23)27(33)34/h3-13,24H,14-15H2,1-2H3,(H,33,34). The highest BCUT2D eigenvalue weighted by Gasteiger charge is 2.40. The van der Waals surface area contributed by atoms with Gasteiger partial charge in [-0.3, -0.25) is 14.4 Å². The number of carbonyl (C=O) groups excluding carboxylic acids is 4. The van der Waals surface area contributed by atoms with Crippen LogP contribution in [0.25, 0.3) is 0 Å². The van der Waals surface area contributed by atoms with Gasteiger partial charge in [0.05, 0.1) is 36.3 Å². The zero-order valence-corrected chi connectivity index (χ0v) is 21.7. The van der Waals surface area contributed by atoms with Crippen molar-refractivity contribution >= 4 is 47.0 Å². The van der Waals surface area contributed by atoms with Crippen molar-refractivity contribution in [1.29, 1.82) is 0 Å². The second-order valence-corrected chi connectivity index (χ2v) is 9.54. The number of carbonyl (C=O) groups is 5. The van der Waals surface area contributed by atoms with Gasteiger partial charge in [0.1, 0.15) is 0 Å². The molecular formula is C28H23NO9S. The molecule has 0 saturated carbocycles. The lowest BCUT2D eigenvalue weighted by atomic mass is 10.1. The second-order valence-electron chi connectivity index (χ2n) is 8.30. The van der Waals surface area contributed by atoms with Crippen LogP contribution in [0.15, 0.2) is 71.6 Å². The summed E-state index contributed by atoms with van der Waals surface area (Å²) in [6, 6.07) is 16.5. The molecule has 1 fully saturated rings. The van der Waals surface area contributed by atoms with Crippen LogP contribution < -0.4 is 14.4 Å². The van der Waals surface area contributed by atoms with E-state index in [4.69, 9.17) is 14.2 Å². The van der Waals surface area contributed by atoms with Crippen molar-refractivity contribution in [2.24, 2.45) is 0 Å². The van der Waals surface area contributed by atoms with Gasteiger partial charge in [0, 0.05) is 16.9 Å². The molecule has 0 bridgehead atoms. The quantitative estimate of drug-likeness (QED) is 0.225. The first-order valence-electron chi connectivity index (χ1n) is 11.6. The maximum absolute atomic E-state index is 13.0. The minimum Gasteiger partial charge on any atom is -0.493 e. The molecule has 39 heavy (non-hydrogen) atoms. The number of benzene rings is 3. The fraction of sp³-hybridized carbons (Fsp3) is 0.179. The van der Waals surface area contributed by atoms with E-state index in [0.29, 0.717) is 16.4 Å². The predicted octanol–water partition coefficient (Wildman–Crippen LogP) is 3.87. The second kappa shape index (κ2) is 11.8. The van der Waals surface area contributed by atoms with Crippen molar-refractivity contribution in [2.45, 2.75) is 16.6 Å². The first-order valence-corrected chi connectivity index (χ1v) is 12.5. The number of amides is 2. The molecule has 10 nitrogen and oxygen atoms in total. The number of hydrogen-bond acceptors (Lipinski definition) is 9. The molecule has 1 saturated heterocycles. The largest absolute Gasteiger partial charge is 0.493 e. The zero-order valence-electron chi connectivity index (χ0n) is 20.9. The number of ether oxygens (including phenoxy) is 3. The average Bonchev–Trinajstić information content (AvgIpc) is 3.23. The Balaban J connectivity index is 1.39. The van der Waals surface area contributed by atoms with Gasteiger partial charge in [-0.15, -0.1) is 11.8 Å². The monoisotopic (exact) mass is 549 g/mol. The predicted molar refractivity (Wildman–Crippen MR) is 141 cm³/mol. The van der Waals surface area contributed by atoms with Gasteiger partial charge in [0.25, 0.3) is 0 Å². The van der Waals surface area contributed by atoms with E-state index >= 15 is 0 Å². The van der Waals surface area contributed by atoms with Crippen molar-refractivity contribution in [3.8, 4) is 11.5 Å². The van der Waals surface area contributed by atoms with Gasteiger partial charge >= 0.3 is 11.9 Å². The van der Waals surface area contributed by atoms with E-state index in [1.165, 1.54) is 56.7 Å². The highest BCUT2D eigenvalue weighted by atomic mass is 32.2. The topological polar surface area (TPSA) is 137 Å². The van der Waals surface area contributed by atoms with Crippen LogP contribution in [0.1, 0.15) is 37.5 Å². The third-order valence-corrected chi connectivity index (χ3v) is 7.16. The molecule has 0 aromatic heterocycles. The van der Waals surface area contributed by atoms with Crippen LogP contribution in [-0.4, -0.2) is 60.7 Å². The Morgan fingerprint density at radius 1 is 0.923 bits per heavy atom. The van der Waals surface area contributed by atoms with Crippen LogP contribution in [0.5, 0.6) is 11.5 Å². The summed E-state index contributed by atoms with van der Waals surface area (Å²) in [4.78, 5) is 63.5. The summed E-state index contributed by atoms with van der Waals surface area (Å²) in [6.07, 6.45) is -0.0977. The Morgan fingerprint density at radius 2 is 1.59 bits per heavy atom. The highest BCUT2D eigenvalue weighted by molar-refractivity contribution is 8.00. The van der Waals surface area contributed by atoms with E-state index in [1.54, 1.807) is 24.3 Å². The molecule has 1 N–H and O–H groups in total. The van der Waals surface area contributed by atoms with Gasteiger partial charge in [0.2, 0.25) is 11.8 Å². The number of methoxy groups -OCH3 is 2. The minimum atomic E-state index is -1.13. The first kappa shape index (κ1) is 27.4. The number of carboxylic acids is 1. The Labute approximate surface area is 227 Å². The number of imide groups is 1. The first-order chi connectivity index (χ1) is 18.7. The van der Waals surface area contributed by atoms with Crippen molar-refractivity contribution in [1.82, 2.24) is 0 Å². The van der Waals surface area contributed by atoms with Gasteiger partial charge in [-0.1, -0.05) is 12.1 Å². The van der Waals surface area contributed by atoms with Crippen LogP contribution in [0, 0.1) is 0 Å². The van der Waals surface area contributed by atoms with E-state index in [9.17, 15) is 29.1 Å². The maximum atomic E-state index is 13.0. The van der Waals surface area contributed by atoms with E-state index in [-0.39, 0.29) is 28.8 Å². The Bertz CT molecular complexity index is 1450. The number of nitrogens with zero attached hydrogens (tertiary/aromatic N) is 1. The Kier molecular flexibility index (Phi) is 8.30. The summed E-state index contributed by atoms with van der Waals surface area (Å²) in [5.74, 6) is -2.43. The lowest BCUT2D eigenvalue weighted by Gasteiger charge is -2.15. The molecule has 1 aliphatic heterocycles. The number of ketones is 1. The van der Waals surface area contributed by atoms with Gasteiger partial charge < -0.3 is 19.3 Å². The minimum absolute atomic E-state index is 0.0497. The number of anilines is 1. The van der Waals surface area contributed by atoms with Crippen molar-refractivity contribution < 1.29 is 43.3 Å². The number of esters is 1. The van der Waals surface area contributed by atoms with E-state index in [1.807, 2.05) is 0 Å². The van der Waals surface area contributed by atoms with Gasteiger partial charge in [0.15, 0.2) is 23.9 Å². The van der Waals surface area contributed by atoms with E-state index < -0.39 is 41.4 Å². The highest BCUT2D eigenvalue weighted by Crippen LogP contribution is 2.35. The third kappa shape index (κ3) is 5.93. The lowest BCUT2D eigenvalue weighted by molar-refractivity contribution is -0.121. The molecule has 4 rings (SSSR count). The smallest absolute Gasteiger partial charge is 0.338 e. The summed E-state index contributed by atoms with van der Waals surface area (Å²) < 4.78 is 15.5. The normalized spacial score (nSPS) is 14.7. The molecule has 11 heteroatoms. The molecule has 1 atom stereocenters. The molecule has 0 radical (unpaired) electrons. The SMILES string of the molecule is COc1ccc(C(=O)COC(=O)c2ccc(N3C(=O)CC(Sc4ccccc4C(=O)O)C3=O)cc2)cc1OC. The molecule has 3 aromatic carbocycles. The number of aromatic carboxylic acids is 1. The molecule has 1 unspecified atom stereocenters. The van der Waals surface area contributed by atoms with Gasteiger partial charge in [-0.05, 0) is 54.6 Å². The molecule has 2 amide bonds. The average molecular weight is 550 g/mol. The van der Waals surface area contributed by atoms with Crippen LogP contribution >= 0.6 is 11.8 Å². The van der Waals surface area contributed by atoms with E-state index in [0.717, 1.165) is 16.7 Å². The number of thioether (sulfide) groups is 1. The van der Waals surface area contributed by atoms with Crippen molar-refractivity contribution in [3.05, 3.63) is 83.4 Å².